The molecular weight excluding hydrogens is 296 g/mol. The summed E-state index contributed by atoms with van der Waals surface area (Å²) in [6.07, 6.45) is 2.98. The van der Waals surface area contributed by atoms with Crippen LogP contribution in [0.4, 0.5) is 5.82 Å². The van der Waals surface area contributed by atoms with Crippen molar-refractivity contribution >= 4 is 11.7 Å². The van der Waals surface area contributed by atoms with E-state index in [1.54, 1.807) is 12.3 Å². The van der Waals surface area contributed by atoms with E-state index in [1.807, 2.05) is 30.0 Å². The van der Waals surface area contributed by atoms with Crippen LogP contribution in [0.15, 0.2) is 35.0 Å². The molecule has 0 spiro atoms. The highest BCUT2D eigenvalue weighted by Gasteiger charge is 2.37. The molecule has 2 aromatic heterocycles. The van der Waals surface area contributed by atoms with Gasteiger partial charge in [-0.15, -0.1) is 0 Å². The number of anilines is 1. The van der Waals surface area contributed by atoms with Gasteiger partial charge >= 0.3 is 0 Å². The Morgan fingerprint density at radius 2 is 2.39 bits per heavy atom. The van der Waals surface area contributed by atoms with E-state index < -0.39 is 5.60 Å². The Balaban J connectivity index is 1.56. The highest BCUT2D eigenvalue weighted by atomic mass is 16.5. The van der Waals surface area contributed by atoms with E-state index in [2.05, 4.69) is 15.5 Å². The Morgan fingerprint density at radius 3 is 3.09 bits per heavy atom. The van der Waals surface area contributed by atoms with Crippen molar-refractivity contribution in [3.8, 4) is 0 Å². The third-order valence-corrected chi connectivity index (χ3v) is 4.02. The predicted octanol–water partition coefficient (Wildman–Crippen LogP) is 1.00. The first-order valence-electron chi connectivity index (χ1n) is 7.72. The second-order valence-electron chi connectivity index (χ2n) is 5.80. The molecule has 2 aromatic rings. The molecule has 0 saturated carbocycles. The van der Waals surface area contributed by atoms with Gasteiger partial charge in [-0.2, -0.15) is 0 Å². The van der Waals surface area contributed by atoms with E-state index in [4.69, 9.17) is 4.52 Å². The molecule has 3 heterocycles. The van der Waals surface area contributed by atoms with Crippen LogP contribution in [0.1, 0.15) is 29.6 Å². The first kappa shape index (κ1) is 15.5. The highest BCUT2D eigenvalue weighted by Crippen LogP contribution is 2.24. The maximum atomic E-state index is 12.1. The van der Waals surface area contributed by atoms with Crippen molar-refractivity contribution in [2.24, 2.45) is 0 Å². The molecule has 1 amide bonds. The number of β-amino-alcohol motifs (C(OH)–C–C–N with tert-alkyl or cyclic N) is 1. The molecule has 122 valence electrons. The summed E-state index contributed by atoms with van der Waals surface area (Å²) in [5, 5.41) is 17.1. The smallest absolute Gasteiger partial charge is 0.273 e. The number of aromatic nitrogens is 2. The topological polar surface area (TPSA) is 91.5 Å². The lowest BCUT2D eigenvalue weighted by Crippen LogP contribution is -2.45. The van der Waals surface area contributed by atoms with Crippen LogP contribution < -0.4 is 10.2 Å². The molecule has 3 rings (SSSR count). The normalized spacial score (nSPS) is 20.7. The van der Waals surface area contributed by atoms with Gasteiger partial charge in [-0.05, 0) is 18.6 Å². The Kier molecular flexibility index (Phi) is 4.29. The van der Waals surface area contributed by atoms with E-state index in [1.165, 1.54) is 0 Å². The highest BCUT2D eigenvalue weighted by molar-refractivity contribution is 5.92. The number of nitrogens with one attached hydrogen (secondary N) is 1. The fourth-order valence-corrected chi connectivity index (χ4v) is 2.66. The first-order chi connectivity index (χ1) is 11.1. The lowest BCUT2D eigenvalue weighted by molar-refractivity contribution is 0.0573. The van der Waals surface area contributed by atoms with Crippen molar-refractivity contribution < 1.29 is 14.4 Å². The molecule has 0 aromatic carbocycles. The van der Waals surface area contributed by atoms with Crippen molar-refractivity contribution in [2.45, 2.75) is 25.4 Å². The van der Waals surface area contributed by atoms with Gasteiger partial charge in [0.1, 0.15) is 17.2 Å². The number of pyridine rings is 1. The number of carbonyl (C=O) groups excluding carboxylic acids is 1. The van der Waals surface area contributed by atoms with E-state index in [0.29, 0.717) is 31.7 Å². The maximum absolute atomic E-state index is 12.1. The molecule has 23 heavy (non-hydrogen) atoms. The lowest BCUT2D eigenvalue weighted by Gasteiger charge is -2.24. The van der Waals surface area contributed by atoms with Crippen LogP contribution in [0.2, 0.25) is 0 Å². The second kappa shape index (κ2) is 6.37. The number of aliphatic hydroxyl groups is 1. The molecule has 1 aliphatic heterocycles. The average Bonchev–Trinajstić information content (AvgIpc) is 3.21. The lowest BCUT2D eigenvalue weighted by atomic mass is 10.0. The number of aryl methyl sites for hydroxylation is 1. The zero-order chi connectivity index (χ0) is 16.3. The molecular formula is C16H20N4O3. The van der Waals surface area contributed by atoms with E-state index in [-0.39, 0.29) is 18.1 Å². The van der Waals surface area contributed by atoms with Gasteiger partial charge in [0.25, 0.3) is 5.91 Å². The summed E-state index contributed by atoms with van der Waals surface area (Å²) in [5.74, 6) is 1.16. The van der Waals surface area contributed by atoms with Crippen LogP contribution in [0.3, 0.4) is 0 Å². The zero-order valence-corrected chi connectivity index (χ0v) is 13.0. The first-order valence-corrected chi connectivity index (χ1v) is 7.72. The molecule has 1 aliphatic rings. The third kappa shape index (κ3) is 3.50. The molecule has 1 unspecified atom stereocenters. The van der Waals surface area contributed by atoms with Gasteiger partial charge < -0.3 is 19.8 Å². The third-order valence-electron chi connectivity index (χ3n) is 4.02. The summed E-state index contributed by atoms with van der Waals surface area (Å²) in [7, 11) is 0. The van der Waals surface area contributed by atoms with Gasteiger partial charge in [-0.3, -0.25) is 4.79 Å². The molecule has 7 heteroatoms. The molecule has 1 fully saturated rings. The number of hydrogen-bond donors (Lipinski definition) is 2. The number of hydrogen-bond acceptors (Lipinski definition) is 6. The SMILES string of the molecule is CCc1cc(C(=O)NCC2(O)CCN(c3ccccn3)C2)no1. The molecule has 2 N–H and O–H groups in total. The van der Waals surface area contributed by atoms with E-state index in [0.717, 1.165) is 5.82 Å². The molecule has 1 saturated heterocycles. The van der Waals surface area contributed by atoms with Crippen molar-refractivity contribution in [3.63, 3.8) is 0 Å². The minimum atomic E-state index is -0.968. The zero-order valence-electron chi connectivity index (χ0n) is 13.0. The average molecular weight is 316 g/mol. The summed E-state index contributed by atoms with van der Waals surface area (Å²) in [4.78, 5) is 18.4. The van der Waals surface area contributed by atoms with Gasteiger partial charge in [0, 0.05) is 38.3 Å². The van der Waals surface area contributed by atoms with Crippen LogP contribution >= 0.6 is 0 Å². The fourth-order valence-electron chi connectivity index (χ4n) is 2.66. The van der Waals surface area contributed by atoms with Crippen molar-refractivity contribution in [3.05, 3.63) is 41.9 Å². The molecule has 0 aliphatic carbocycles. The summed E-state index contributed by atoms with van der Waals surface area (Å²) in [5.41, 5.74) is -0.727. The van der Waals surface area contributed by atoms with Crippen LogP contribution in [0.5, 0.6) is 0 Å². The number of rotatable bonds is 5. The van der Waals surface area contributed by atoms with Gasteiger partial charge in [-0.25, -0.2) is 4.98 Å². The van der Waals surface area contributed by atoms with Crippen LogP contribution in [-0.2, 0) is 6.42 Å². The standard InChI is InChI=1S/C16H20N4O3/c1-2-12-9-13(19-23-12)15(21)18-10-16(22)6-8-20(11-16)14-5-3-4-7-17-14/h3-5,7,9,22H,2,6,8,10-11H2,1H3,(H,18,21). The second-order valence-corrected chi connectivity index (χ2v) is 5.80. The minimum Gasteiger partial charge on any atom is -0.386 e. The summed E-state index contributed by atoms with van der Waals surface area (Å²) >= 11 is 0. The Hall–Kier alpha value is -2.41. The number of carbonyl (C=O) groups is 1. The Morgan fingerprint density at radius 1 is 1.52 bits per heavy atom. The molecule has 0 radical (unpaired) electrons. The largest absolute Gasteiger partial charge is 0.386 e. The molecule has 7 nitrogen and oxygen atoms in total. The molecule has 1 atom stereocenters. The van der Waals surface area contributed by atoms with E-state index >= 15 is 0 Å². The summed E-state index contributed by atoms with van der Waals surface area (Å²) in [6.45, 7) is 3.23. The van der Waals surface area contributed by atoms with Gasteiger partial charge in [0.05, 0.1) is 0 Å². The summed E-state index contributed by atoms with van der Waals surface area (Å²) < 4.78 is 5.02. The van der Waals surface area contributed by atoms with Crippen molar-refractivity contribution in [1.82, 2.24) is 15.5 Å². The van der Waals surface area contributed by atoms with Crippen molar-refractivity contribution in [1.29, 1.82) is 0 Å². The summed E-state index contributed by atoms with van der Waals surface area (Å²) in [6, 6.07) is 7.30. The maximum Gasteiger partial charge on any atom is 0.273 e. The van der Waals surface area contributed by atoms with E-state index in [9.17, 15) is 9.90 Å². The Bertz CT molecular complexity index is 673. The molecule has 0 bridgehead atoms. The van der Waals surface area contributed by atoms with Crippen molar-refractivity contribution in [2.75, 3.05) is 24.5 Å². The van der Waals surface area contributed by atoms with Gasteiger partial charge in [0.2, 0.25) is 0 Å². The monoisotopic (exact) mass is 316 g/mol. The van der Waals surface area contributed by atoms with Crippen LogP contribution in [0, 0.1) is 0 Å². The fraction of sp³-hybridized carbons (Fsp3) is 0.438. The number of nitrogens with zero attached hydrogens (tertiary/aromatic N) is 3. The van der Waals surface area contributed by atoms with Crippen LogP contribution in [-0.4, -0.2) is 46.4 Å². The Labute approximate surface area is 134 Å². The predicted molar refractivity (Wildman–Crippen MR) is 84.2 cm³/mol. The van der Waals surface area contributed by atoms with Crippen LogP contribution in [0.25, 0.3) is 0 Å². The minimum absolute atomic E-state index is 0.170. The quantitative estimate of drug-likeness (QED) is 0.855. The van der Waals surface area contributed by atoms with Gasteiger partial charge in [-0.1, -0.05) is 18.1 Å². The number of amides is 1. The van der Waals surface area contributed by atoms with Gasteiger partial charge in [0.15, 0.2) is 5.69 Å².